The fourth-order valence-electron chi connectivity index (χ4n) is 2.41. The molecule has 0 aromatic heterocycles. The predicted molar refractivity (Wildman–Crippen MR) is 79.8 cm³/mol. The summed E-state index contributed by atoms with van der Waals surface area (Å²) in [6.45, 7) is 2.20. The number of hydrogen-bond donors (Lipinski definition) is 2. The molecule has 0 aliphatic rings. The normalized spacial score (nSPS) is 12.2. The molecule has 0 aromatic rings. The van der Waals surface area contributed by atoms with E-state index in [1.165, 1.54) is 32.1 Å². The van der Waals surface area contributed by atoms with Gasteiger partial charge in [-0.2, -0.15) is 0 Å². The fourth-order valence-corrected chi connectivity index (χ4v) is 2.41. The number of aliphatic carboxylic acids is 2. The SMILES string of the molecule is CCCCCCCCCC(CCCCC(=O)O)C(=O)O. The third-order valence-electron chi connectivity index (χ3n) is 3.70. The Morgan fingerprint density at radius 2 is 1.30 bits per heavy atom. The number of unbranched alkanes of at least 4 members (excludes halogenated alkanes) is 7. The molecule has 0 fully saturated rings. The summed E-state index contributed by atoms with van der Waals surface area (Å²) in [5, 5.41) is 17.7. The van der Waals surface area contributed by atoms with E-state index < -0.39 is 11.9 Å². The van der Waals surface area contributed by atoms with Crippen molar-refractivity contribution in [2.45, 2.75) is 84.0 Å². The van der Waals surface area contributed by atoms with Crippen LogP contribution in [0.3, 0.4) is 0 Å². The van der Waals surface area contributed by atoms with Crippen LogP contribution in [0.2, 0.25) is 0 Å². The Kier molecular flexibility index (Phi) is 12.3. The van der Waals surface area contributed by atoms with Crippen LogP contribution in [0.25, 0.3) is 0 Å². The van der Waals surface area contributed by atoms with Crippen LogP contribution in [0.4, 0.5) is 0 Å². The van der Waals surface area contributed by atoms with Crippen LogP contribution in [0, 0.1) is 5.92 Å². The van der Waals surface area contributed by atoms with Crippen LogP contribution < -0.4 is 0 Å². The van der Waals surface area contributed by atoms with Crippen LogP contribution in [0.5, 0.6) is 0 Å². The van der Waals surface area contributed by atoms with Gasteiger partial charge in [-0.05, 0) is 19.3 Å². The highest BCUT2D eigenvalue weighted by Crippen LogP contribution is 2.18. The van der Waals surface area contributed by atoms with Gasteiger partial charge in [-0.15, -0.1) is 0 Å². The van der Waals surface area contributed by atoms with E-state index in [0.29, 0.717) is 19.3 Å². The van der Waals surface area contributed by atoms with Crippen LogP contribution in [0.1, 0.15) is 84.0 Å². The molecule has 1 unspecified atom stereocenters. The van der Waals surface area contributed by atoms with E-state index in [4.69, 9.17) is 10.2 Å². The molecule has 0 spiro atoms. The van der Waals surface area contributed by atoms with E-state index in [2.05, 4.69) is 6.92 Å². The molecule has 118 valence electrons. The Labute approximate surface area is 122 Å². The van der Waals surface area contributed by atoms with Crippen molar-refractivity contribution in [1.29, 1.82) is 0 Å². The molecular weight excluding hydrogens is 256 g/mol. The van der Waals surface area contributed by atoms with Gasteiger partial charge in [-0.1, -0.05) is 58.3 Å². The van der Waals surface area contributed by atoms with Crippen molar-refractivity contribution < 1.29 is 19.8 Å². The molecule has 20 heavy (non-hydrogen) atoms. The van der Waals surface area contributed by atoms with Crippen molar-refractivity contribution >= 4 is 11.9 Å². The number of hydrogen-bond acceptors (Lipinski definition) is 2. The van der Waals surface area contributed by atoms with Gasteiger partial charge in [-0.3, -0.25) is 9.59 Å². The second-order valence-corrected chi connectivity index (χ2v) is 5.58. The number of carboxylic acids is 2. The summed E-state index contributed by atoms with van der Waals surface area (Å²) in [5.41, 5.74) is 0. The van der Waals surface area contributed by atoms with Gasteiger partial charge in [0, 0.05) is 6.42 Å². The summed E-state index contributed by atoms with van der Waals surface area (Å²) in [5.74, 6) is -1.82. The molecule has 0 aliphatic carbocycles. The zero-order valence-corrected chi connectivity index (χ0v) is 12.8. The van der Waals surface area contributed by atoms with E-state index in [-0.39, 0.29) is 12.3 Å². The van der Waals surface area contributed by atoms with Crippen molar-refractivity contribution in [1.82, 2.24) is 0 Å². The van der Waals surface area contributed by atoms with Crippen molar-refractivity contribution in [3.05, 3.63) is 0 Å². The average Bonchev–Trinajstić information content (AvgIpc) is 2.39. The number of carboxylic acid groups (broad SMARTS) is 2. The highest BCUT2D eigenvalue weighted by molar-refractivity contribution is 5.69. The van der Waals surface area contributed by atoms with Crippen molar-refractivity contribution in [2.75, 3.05) is 0 Å². The average molecular weight is 286 g/mol. The molecule has 0 aromatic carbocycles. The first-order valence-corrected chi connectivity index (χ1v) is 8.02. The maximum absolute atomic E-state index is 11.1. The van der Waals surface area contributed by atoms with Gasteiger partial charge in [0.15, 0.2) is 0 Å². The van der Waals surface area contributed by atoms with Crippen LogP contribution in [-0.2, 0) is 9.59 Å². The Morgan fingerprint density at radius 1 is 0.800 bits per heavy atom. The van der Waals surface area contributed by atoms with E-state index in [1.54, 1.807) is 0 Å². The molecule has 0 saturated carbocycles. The van der Waals surface area contributed by atoms with E-state index >= 15 is 0 Å². The molecule has 4 heteroatoms. The van der Waals surface area contributed by atoms with Gasteiger partial charge in [0.1, 0.15) is 0 Å². The molecular formula is C16H30O4. The lowest BCUT2D eigenvalue weighted by molar-refractivity contribution is -0.142. The van der Waals surface area contributed by atoms with Crippen LogP contribution in [0.15, 0.2) is 0 Å². The Balaban J connectivity index is 3.59. The monoisotopic (exact) mass is 286 g/mol. The van der Waals surface area contributed by atoms with Gasteiger partial charge in [0.25, 0.3) is 0 Å². The maximum atomic E-state index is 11.1. The minimum absolute atomic E-state index is 0.143. The van der Waals surface area contributed by atoms with Gasteiger partial charge in [0.05, 0.1) is 5.92 Å². The summed E-state index contributed by atoms with van der Waals surface area (Å²) in [7, 11) is 0. The lowest BCUT2D eigenvalue weighted by atomic mass is 9.94. The minimum Gasteiger partial charge on any atom is -0.481 e. The second-order valence-electron chi connectivity index (χ2n) is 5.58. The first kappa shape index (κ1) is 18.9. The van der Waals surface area contributed by atoms with Crippen molar-refractivity contribution in [3.8, 4) is 0 Å². The second kappa shape index (κ2) is 12.9. The molecule has 0 rings (SSSR count). The molecule has 0 heterocycles. The molecule has 0 saturated heterocycles. The summed E-state index contributed by atoms with van der Waals surface area (Å²) in [4.78, 5) is 21.5. The zero-order valence-electron chi connectivity index (χ0n) is 12.8. The molecule has 2 N–H and O–H groups in total. The topological polar surface area (TPSA) is 74.6 Å². The summed E-state index contributed by atoms with van der Waals surface area (Å²) < 4.78 is 0. The third-order valence-corrected chi connectivity index (χ3v) is 3.70. The molecule has 0 amide bonds. The van der Waals surface area contributed by atoms with Crippen molar-refractivity contribution in [3.63, 3.8) is 0 Å². The number of rotatable bonds is 14. The summed E-state index contributed by atoms with van der Waals surface area (Å²) in [6.07, 6.45) is 11.1. The van der Waals surface area contributed by atoms with E-state index in [1.807, 2.05) is 0 Å². The lowest BCUT2D eigenvalue weighted by Crippen LogP contribution is -2.13. The highest BCUT2D eigenvalue weighted by atomic mass is 16.4. The molecule has 0 aliphatic heterocycles. The maximum Gasteiger partial charge on any atom is 0.306 e. The van der Waals surface area contributed by atoms with Crippen LogP contribution >= 0.6 is 0 Å². The molecule has 4 nitrogen and oxygen atoms in total. The minimum atomic E-state index is -0.802. The standard InChI is InChI=1S/C16H30O4/c1-2-3-4-5-6-7-8-11-14(16(19)20)12-9-10-13-15(17)18/h14H,2-13H2,1H3,(H,17,18)(H,19,20). The summed E-state index contributed by atoms with van der Waals surface area (Å²) in [6, 6.07) is 0. The molecule has 1 atom stereocenters. The van der Waals surface area contributed by atoms with Crippen molar-refractivity contribution in [2.24, 2.45) is 5.92 Å². The Morgan fingerprint density at radius 3 is 1.80 bits per heavy atom. The van der Waals surface area contributed by atoms with Gasteiger partial charge < -0.3 is 10.2 Å². The number of carbonyl (C=O) groups is 2. The van der Waals surface area contributed by atoms with Crippen LogP contribution in [-0.4, -0.2) is 22.2 Å². The van der Waals surface area contributed by atoms with Gasteiger partial charge in [-0.25, -0.2) is 0 Å². The lowest BCUT2D eigenvalue weighted by Gasteiger charge is -2.11. The smallest absolute Gasteiger partial charge is 0.306 e. The zero-order chi connectivity index (χ0) is 15.2. The largest absolute Gasteiger partial charge is 0.481 e. The first-order chi connectivity index (χ1) is 9.57. The highest BCUT2D eigenvalue weighted by Gasteiger charge is 2.16. The van der Waals surface area contributed by atoms with Gasteiger partial charge in [0.2, 0.25) is 0 Å². The fraction of sp³-hybridized carbons (Fsp3) is 0.875. The molecule has 0 bridgehead atoms. The molecule has 0 radical (unpaired) electrons. The first-order valence-electron chi connectivity index (χ1n) is 8.02. The van der Waals surface area contributed by atoms with Gasteiger partial charge >= 0.3 is 11.9 Å². The quantitative estimate of drug-likeness (QED) is 0.462. The van der Waals surface area contributed by atoms with E-state index in [9.17, 15) is 9.59 Å². The predicted octanol–water partition coefficient (Wildman–Crippen LogP) is 4.47. The third kappa shape index (κ3) is 12.0. The summed E-state index contributed by atoms with van der Waals surface area (Å²) >= 11 is 0. The van der Waals surface area contributed by atoms with E-state index in [0.717, 1.165) is 19.3 Å². The Hall–Kier alpha value is -1.06. The Bertz CT molecular complexity index is 263.